The van der Waals surface area contributed by atoms with Gasteiger partial charge in [-0.05, 0) is 39.0 Å². The summed E-state index contributed by atoms with van der Waals surface area (Å²) in [5, 5.41) is 4.54. The maximum atomic E-state index is 5.64. The molecule has 0 radical (unpaired) electrons. The van der Waals surface area contributed by atoms with Crippen LogP contribution >= 0.6 is 0 Å². The first-order valence-electron chi connectivity index (χ1n) is 6.54. The van der Waals surface area contributed by atoms with Gasteiger partial charge in [-0.2, -0.15) is 5.10 Å². The van der Waals surface area contributed by atoms with Gasteiger partial charge in [0.25, 0.3) is 0 Å². The molecule has 2 aromatic heterocycles. The third-order valence-corrected chi connectivity index (χ3v) is 3.07. The number of hydrogen-bond acceptors (Lipinski definition) is 4. The highest BCUT2D eigenvalue weighted by molar-refractivity contribution is 5.16. The van der Waals surface area contributed by atoms with E-state index < -0.39 is 0 Å². The summed E-state index contributed by atoms with van der Waals surface area (Å²) in [6.07, 6.45) is 2.73. The Kier molecular flexibility index (Phi) is 4.29. The van der Waals surface area contributed by atoms with Gasteiger partial charge in [0.05, 0.1) is 17.4 Å². The number of aromatic nitrogens is 3. The molecule has 2 rings (SSSR count). The highest BCUT2D eigenvalue weighted by Gasteiger charge is 2.14. The number of nitrogens with one attached hydrogen (secondary N) is 1. The third kappa shape index (κ3) is 3.39. The molecule has 2 aromatic rings. The van der Waals surface area contributed by atoms with Crippen LogP contribution in [-0.2, 0) is 6.42 Å². The average molecular weight is 259 g/mol. The smallest absolute Gasteiger partial charge is 0.0688 e. The van der Waals surface area contributed by atoms with Gasteiger partial charge in [0.15, 0.2) is 0 Å². The standard InChI is InChI=1S/C14H21N5/c1-10(2)19-8-7-12(18-19)9-14(17-15)13-6-4-5-11(3)16-13/h4-8,10,14,17H,9,15H2,1-3H3. The summed E-state index contributed by atoms with van der Waals surface area (Å²) in [7, 11) is 0. The van der Waals surface area contributed by atoms with Gasteiger partial charge < -0.3 is 0 Å². The van der Waals surface area contributed by atoms with Crippen molar-refractivity contribution < 1.29 is 0 Å². The third-order valence-electron chi connectivity index (χ3n) is 3.07. The molecule has 1 atom stereocenters. The molecule has 0 saturated heterocycles. The second-order valence-electron chi connectivity index (χ2n) is 5.01. The molecule has 5 nitrogen and oxygen atoms in total. The zero-order valence-electron chi connectivity index (χ0n) is 11.7. The second kappa shape index (κ2) is 5.95. The molecule has 0 aliphatic rings. The van der Waals surface area contributed by atoms with Gasteiger partial charge in [-0.3, -0.25) is 20.9 Å². The summed E-state index contributed by atoms with van der Waals surface area (Å²) in [5.41, 5.74) is 5.77. The molecular formula is C14H21N5. The van der Waals surface area contributed by atoms with Crippen LogP contribution in [0.25, 0.3) is 0 Å². The van der Waals surface area contributed by atoms with E-state index in [0.29, 0.717) is 6.04 Å². The zero-order valence-corrected chi connectivity index (χ0v) is 11.7. The van der Waals surface area contributed by atoms with Gasteiger partial charge in [0.1, 0.15) is 0 Å². The van der Waals surface area contributed by atoms with Gasteiger partial charge in [0, 0.05) is 24.4 Å². The predicted molar refractivity (Wildman–Crippen MR) is 75.4 cm³/mol. The first-order valence-corrected chi connectivity index (χ1v) is 6.54. The van der Waals surface area contributed by atoms with Crippen LogP contribution < -0.4 is 11.3 Å². The topological polar surface area (TPSA) is 68.8 Å². The van der Waals surface area contributed by atoms with Crippen LogP contribution in [0.15, 0.2) is 30.5 Å². The first-order chi connectivity index (χ1) is 9.10. The fourth-order valence-electron chi connectivity index (χ4n) is 1.99. The molecule has 0 spiro atoms. The molecule has 5 heteroatoms. The van der Waals surface area contributed by atoms with Crippen molar-refractivity contribution in [2.45, 2.75) is 39.3 Å². The number of aryl methyl sites for hydroxylation is 1. The van der Waals surface area contributed by atoms with E-state index in [-0.39, 0.29) is 6.04 Å². The maximum Gasteiger partial charge on any atom is 0.0688 e. The lowest BCUT2D eigenvalue weighted by Gasteiger charge is -2.14. The lowest BCUT2D eigenvalue weighted by molar-refractivity contribution is 0.501. The molecule has 102 valence electrons. The van der Waals surface area contributed by atoms with E-state index >= 15 is 0 Å². The number of pyridine rings is 1. The van der Waals surface area contributed by atoms with Crippen molar-refractivity contribution in [1.29, 1.82) is 0 Å². The summed E-state index contributed by atoms with van der Waals surface area (Å²) >= 11 is 0. The van der Waals surface area contributed by atoms with Gasteiger partial charge in [-0.25, -0.2) is 0 Å². The SMILES string of the molecule is Cc1cccc(C(Cc2ccn(C(C)C)n2)NN)n1. The number of hydrazine groups is 1. The summed E-state index contributed by atoms with van der Waals surface area (Å²) in [4.78, 5) is 4.51. The summed E-state index contributed by atoms with van der Waals surface area (Å²) < 4.78 is 1.95. The number of hydrogen-bond donors (Lipinski definition) is 2. The van der Waals surface area contributed by atoms with Crippen LogP contribution in [0.5, 0.6) is 0 Å². The van der Waals surface area contributed by atoms with E-state index in [2.05, 4.69) is 29.4 Å². The van der Waals surface area contributed by atoms with Crippen LogP contribution in [0.3, 0.4) is 0 Å². The minimum atomic E-state index is -0.0181. The molecule has 2 heterocycles. The zero-order chi connectivity index (χ0) is 13.8. The molecule has 19 heavy (non-hydrogen) atoms. The van der Waals surface area contributed by atoms with Crippen molar-refractivity contribution >= 4 is 0 Å². The molecule has 0 aliphatic carbocycles. The van der Waals surface area contributed by atoms with E-state index in [0.717, 1.165) is 23.5 Å². The van der Waals surface area contributed by atoms with Crippen molar-refractivity contribution in [1.82, 2.24) is 20.2 Å². The van der Waals surface area contributed by atoms with E-state index in [4.69, 9.17) is 5.84 Å². The molecule has 3 N–H and O–H groups in total. The van der Waals surface area contributed by atoms with Crippen LogP contribution in [0.4, 0.5) is 0 Å². The van der Waals surface area contributed by atoms with Crippen LogP contribution in [0, 0.1) is 6.92 Å². The highest BCUT2D eigenvalue weighted by Crippen LogP contribution is 2.16. The Bertz CT molecular complexity index is 532. The van der Waals surface area contributed by atoms with Crippen molar-refractivity contribution in [3.63, 3.8) is 0 Å². The Morgan fingerprint density at radius 1 is 1.32 bits per heavy atom. The van der Waals surface area contributed by atoms with E-state index in [1.165, 1.54) is 0 Å². The van der Waals surface area contributed by atoms with Gasteiger partial charge in [-0.15, -0.1) is 0 Å². The van der Waals surface area contributed by atoms with E-state index in [1.54, 1.807) is 0 Å². The van der Waals surface area contributed by atoms with Gasteiger partial charge >= 0.3 is 0 Å². The number of nitrogens with two attached hydrogens (primary N) is 1. The fraction of sp³-hybridized carbons (Fsp3) is 0.429. The quantitative estimate of drug-likeness (QED) is 0.636. The Morgan fingerprint density at radius 3 is 2.68 bits per heavy atom. The molecule has 0 aliphatic heterocycles. The lowest BCUT2D eigenvalue weighted by Crippen LogP contribution is -2.30. The van der Waals surface area contributed by atoms with Crippen LogP contribution in [0.1, 0.15) is 43.0 Å². The Morgan fingerprint density at radius 2 is 2.11 bits per heavy atom. The molecule has 0 saturated carbocycles. The average Bonchev–Trinajstić information content (AvgIpc) is 2.84. The maximum absolute atomic E-state index is 5.64. The molecule has 0 bridgehead atoms. The van der Waals surface area contributed by atoms with Gasteiger partial charge in [0.2, 0.25) is 0 Å². The van der Waals surface area contributed by atoms with E-state index in [9.17, 15) is 0 Å². The van der Waals surface area contributed by atoms with E-state index in [1.807, 2.05) is 42.1 Å². The fourth-order valence-corrected chi connectivity index (χ4v) is 1.99. The molecule has 0 fully saturated rings. The lowest BCUT2D eigenvalue weighted by atomic mass is 10.1. The number of nitrogens with zero attached hydrogens (tertiary/aromatic N) is 3. The molecular weight excluding hydrogens is 238 g/mol. The van der Waals surface area contributed by atoms with Crippen LogP contribution in [-0.4, -0.2) is 14.8 Å². The minimum Gasteiger partial charge on any atom is -0.271 e. The monoisotopic (exact) mass is 259 g/mol. The first kappa shape index (κ1) is 13.7. The largest absolute Gasteiger partial charge is 0.271 e. The minimum absolute atomic E-state index is 0.0181. The van der Waals surface area contributed by atoms with Crippen LogP contribution in [0.2, 0.25) is 0 Å². The van der Waals surface area contributed by atoms with Crippen molar-refractivity contribution in [2.75, 3.05) is 0 Å². The normalized spacial score (nSPS) is 12.9. The summed E-state index contributed by atoms with van der Waals surface area (Å²) in [6.45, 7) is 6.19. The Hall–Kier alpha value is -1.72. The molecule has 1 unspecified atom stereocenters. The summed E-state index contributed by atoms with van der Waals surface area (Å²) in [5.74, 6) is 5.64. The Balaban J connectivity index is 2.14. The van der Waals surface area contributed by atoms with Crippen molar-refractivity contribution in [3.05, 3.63) is 47.5 Å². The van der Waals surface area contributed by atoms with Crippen molar-refractivity contribution in [3.8, 4) is 0 Å². The van der Waals surface area contributed by atoms with Crippen molar-refractivity contribution in [2.24, 2.45) is 5.84 Å². The second-order valence-corrected chi connectivity index (χ2v) is 5.01. The Labute approximate surface area is 113 Å². The summed E-state index contributed by atoms with van der Waals surface area (Å²) in [6, 6.07) is 8.33. The predicted octanol–water partition coefficient (Wildman–Crippen LogP) is 1.91. The highest BCUT2D eigenvalue weighted by atomic mass is 15.3. The number of rotatable bonds is 5. The molecule has 0 aromatic carbocycles. The molecule has 0 amide bonds. The van der Waals surface area contributed by atoms with Gasteiger partial charge in [-0.1, -0.05) is 6.07 Å².